The average Bonchev–Trinajstić information content (AvgIpc) is 3.13. The van der Waals surface area contributed by atoms with Crippen LogP contribution in [0.3, 0.4) is 0 Å². The number of ether oxygens (including phenoxy) is 1. The summed E-state index contributed by atoms with van der Waals surface area (Å²) in [5.74, 6) is 6.85. The fourth-order valence-electron chi connectivity index (χ4n) is 1.46. The van der Waals surface area contributed by atoms with E-state index in [9.17, 15) is 0 Å². The maximum Gasteiger partial charge on any atom is 0.210 e. The molecule has 1 aliphatic rings. The van der Waals surface area contributed by atoms with E-state index in [-0.39, 0.29) is 0 Å². The Bertz CT molecular complexity index is 401. The van der Waals surface area contributed by atoms with Gasteiger partial charge in [-0.3, -0.25) is 5.43 Å². The number of aliphatic imine (C=N–C) groups is 1. The number of benzene rings is 1. The van der Waals surface area contributed by atoms with Crippen LogP contribution in [-0.4, -0.2) is 18.6 Å². The molecular formula is C12H18N4O. The molecule has 92 valence electrons. The number of guanidine groups is 1. The molecule has 0 unspecified atom stereocenters. The average molecular weight is 234 g/mol. The summed E-state index contributed by atoms with van der Waals surface area (Å²) >= 11 is 0. The minimum Gasteiger partial charge on any atom is -0.494 e. The Morgan fingerprint density at radius 2 is 2.35 bits per heavy atom. The molecule has 0 aromatic heterocycles. The number of rotatable bonds is 4. The molecule has 2 rings (SSSR count). The van der Waals surface area contributed by atoms with E-state index < -0.39 is 0 Å². The number of hydrogen-bond donors (Lipinski definition) is 3. The fraction of sp³-hybridized carbons (Fsp3) is 0.417. The molecule has 0 atom stereocenters. The minimum absolute atomic E-state index is 0.420. The lowest BCUT2D eigenvalue weighted by molar-refractivity contribution is 0.340. The lowest BCUT2D eigenvalue weighted by atomic mass is 10.3. The van der Waals surface area contributed by atoms with E-state index >= 15 is 0 Å². The maximum atomic E-state index is 5.42. The predicted molar refractivity (Wildman–Crippen MR) is 69.0 cm³/mol. The molecular weight excluding hydrogens is 216 g/mol. The first-order valence-corrected chi connectivity index (χ1v) is 5.86. The summed E-state index contributed by atoms with van der Waals surface area (Å²) in [5, 5.41) is 3.13. The Kier molecular flexibility index (Phi) is 3.82. The maximum absolute atomic E-state index is 5.42. The van der Waals surface area contributed by atoms with Crippen LogP contribution in [0.1, 0.15) is 19.8 Å². The first kappa shape index (κ1) is 11.7. The quantitative estimate of drug-likeness (QED) is 0.319. The molecule has 0 heterocycles. The first-order chi connectivity index (χ1) is 8.31. The normalized spacial score (nSPS) is 15.5. The van der Waals surface area contributed by atoms with Gasteiger partial charge in [0, 0.05) is 11.8 Å². The summed E-state index contributed by atoms with van der Waals surface area (Å²) < 4.78 is 5.42. The SMILES string of the molecule is CCOc1cccc(NC(=NC2CC2)NN)c1. The molecule has 4 N–H and O–H groups in total. The van der Waals surface area contributed by atoms with Crippen LogP contribution < -0.4 is 21.3 Å². The molecule has 5 heteroatoms. The number of anilines is 1. The van der Waals surface area contributed by atoms with Crippen LogP contribution in [-0.2, 0) is 0 Å². The van der Waals surface area contributed by atoms with E-state index in [0.29, 0.717) is 18.6 Å². The number of hydrazine groups is 1. The lowest BCUT2D eigenvalue weighted by Gasteiger charge is -2.10. The van der Waals surface area contributed by atoms with Crippen molar-refractivity contribution in [3.63, 3.8) is 0 Å². The van der Waals surface area contributed by atoms with E-state index in [1.807, 2.05) is 31.2 Å². The van der Waals surface area contributed by atoms with Crippen molar-refractivity contribution in [2.75, 3.05) is 11.9 Å². The van der Waals surface area contributed by atoms with E-state index in [0.717, 1.165) is 24.3 Å². The second-order valence-electron chi connectivity index (χ2n) is 3.94. The van der Waals surface area contributed by atoms with Crippen molar-refractivity contribution in [1.82, 2.24) is 5.43 Å². The monoisotopic (exact) mass is 234 g/mol. The number of nitrogens with two attached hydrogens (primary N) is 1. The Balaban J connectivity index is 2.03. The van der Waals surface area contributed by atoms with Gasteiger partial charge < -0.3 is 10.1 Å². The molecule has 0 amide bonds. The van der Waals surface area contributed by atoms with Gasteiger partial charge >= 0.3 is 0 Å². The van der Waals surface area contributed by atoms with Gasteiger partial charge in [-0.25, -0.2) is 10.8 Å². The summed E-state index contributed by atoms with van der Waals surface area (Å²) in [7, 11) is 0. The van der Waals surface area contributed by atoms with E-state index in [1.54, 1.807) is 0 Å². The highest BCUT2D eigenvalue weighted by Gasteiger charge is 2.20. The van der Waals surface area contributed by atoms with Crippen LogP contribution in [0.15, 0.2) is 29.3 Å². The molecule has 0 bridgehead atoms. The highest BCUT2D eigenvalue weighted by molar-refractivity contribution is 5.93. The predicted octanol–water partition coefficient (Wildman–Crippen LogP) is 1.48. The van der Waals surface area contributed by atoms with Gasteiger partial charge in [0.05, 0.1) is 12.6 Å². The van der Waals surface area contributed by atoms with Crippen LogP contribution in [0, 0.1) is 0 Å². The van der Waals surface area contributed by atoms with Crippen LogP contribution in [0.2, 0.25) is 0 Å². The second kappa shape index (κ2) is 5.54. The molecule has 1 saturated carbocycles. The third-order valence-electron chi connectivity index (χ3n) is 2.40. The summed E-state index contributed by atoms with van der Waals surface area (Å²) in [6.45, 7) is 2.61. The van der Waals surface area contributed by atoms with Crippen LogP contribution in [0.25, 0.3) is 0 Å². The highest BCUT2D eigenvalue weighted by Crippen LogP contribution is 2.23. The summed E-state index contributed by atoms with van der Waals surface area (Å²) in [4.78, 5) is 4.41. The van der Waals surface area contributed by atoms with Crippen LogP contribution in [0.5, 0.6) is 5.75 Å². The van der Waals surface area contributed by atoms with Crippen LogP contribution >= 0.6 is 0 Å². The van der Waals surface area contributed by atoms with E-state index in [4.69, 9.17) is 10.6 Å². The molecule has 0 spiro atoms. The van der Waals surface area contributed by atoms with Crippen molar-refractivity contribution in [3.05, 3.63) is 24.3 Å². The van der Waals surface area contributed by atoms with Crippen molar-refractivity contribution in [1.29, 1.82) is 0 Å². The molecule has 1 aliphatic carbocycles. The van der Waals surface area contributed by atoms with Gasteiger partial charge in [0.2, 0.25) is 5.96 Å². The Hall–Kier alpha value is -1.75. The van der Waals surface area contributed by atoms with Gasteiger partial charge in [-0.05, 0) is 31.9 Å². The molecule has 1 aromatic carbocycles. The fourth-order valence-corrected chi connectivity index (χ4v) is 1.46. The van der Waals surface area contributed by atoms with Crippen molar-refractivity contribution >= 4 is 11.6 Å². The highest BCUT2D eigenvalue weighted by atomic mass is 16.5. The lowest BCUT2D eigenvalue weighted by Crippen LogP contribution is -2.36. The zero-order chi connectivity index (χ0) is 12.1. The topological polar surface area (TPSA) is 71.7 Å². The zero-order valence-electron chi connectivity index (χ0n) is 9.94. The third-order valence-corrected chi connectivity index (χ3v) is 2.40. The third kappa shape index (κ3) is 3.64. The van der Waals surface area contributed by atoms with E-state index in [1.165, 1.54) is 0 Å². The smallest absolute Gasteiger partial charge is 0.210 e. The van der Waals surface area contributed by atoms with E-state index in [2.05, 4.69) is 15.7 Å². The molecule has 17 heavy (non-hydrogen) atoms. The molecule has 0 radical (unpaired) electrons. The minimum atomic E-state index is 0.420. The number of hydrogen-bond acceptors (Lipinski definition) is 3. The largest absolute Gasteiger partial charge is 0.494 e. The van der Waals surface area contributed by atoms with Gasteiger partial charge in [-0.2, -0.15) is 0 Å². The standard InChI is InChI=1S/C12H18N4O/c1-2-17-11-5-3-4-10(8-11)15-12(16-13)14-9-6-7-9/h3-5,8-9H,2,6-7,13H2,1H3,(H2,14,15,16). The van der Waals surface area contributed by atoms with Crippen LogP contribution in [0.4, 0.5) is 5.69 Å². The van der Waals surface area contributed by atoms with Crippen molar-refractivity contribution in [2.24, 2.45) is 10.8 Å². The molecule has 1 fully saturated rings. The Morgan fingerprint density at radius 3 is 3.00 bits per heavy atom. The molecule has 5 nitrogen and oxygen atoms in total. The second-order valence-corrected chi connectivity index (χ2v) is 3.94. The summed E-state index contributed by atoms with van der Waals surface area (Å²) in [5.41, 5.74) is 3.48. The summed E-state index contributed by atoms with van der Waals surface area (Å²) in [6.07, 6.45) is 2.29. The molecule has 0 saturated heterocycles. The first-order valence-electron chi connectivity index (χ1n) is 5.86. The number of nitrogens with zero attached hydrogens (tertiary/aromatic N) is 1. The van der Waals surface area contributed by atoms with Gasteiger partial charge in [-0.1, -0.05) is 6.07 Å². The zero-order valence-corrected chi connectivity index (χ0v) is 9.94. The van der Waals surface area contributed by atoms with Crippen molar-refractivity contribution < 1.29 is 4.74 Å². The molecule has 0 aliphatic heterocycles. The van der Waals surface area contributed by atoms with Gasteiger partial charge in [-0.15, -0.1) is 0 Å². The van der Waals surface area contributed by atoms with Crippen molar-refractivity contribution in [2.45, 2.75) is 25.8 Å². The van der Waals surface area contributed by atoms with Gasteiger partial charge in [0.25, 0.3) is 0 Å². The van der Waals surface area contributed by atoms with Gasteiger partial charge in [0.1, 0.15) is 5.75 Å². The Labute approximate surface area is 101 Å². The Morgan fingerprint density at radius 1 is 1.53 bits per heavy atom. The number of nitrogens with one attached hydrogen (secondary N) is 2. The molecule has 1 aromatic rings. The van der Waals surface area contributed by atoms with Gasteiger partial charge in [0.15, 0.2) is 0 Å². The van der Waals surface area contributed by atoms with Crippen molar-refractivity contribution in [3.8, 4) is 5.75 Å². The summed E-state index contributed by atoms with van der Waals surface area (Å²) in [6, 6.07) is 8.13.